The molecule has 1 fully saturated rings. The zero-order chi connectivity index (χ0) is 16.1. The monoisotopic (exact) mass is 329 g/mol. The molecule has 1 atom stereocenters. The molecule has 1 aliphatic rings. The van der Waals surface area contributed by atoms with E-state index in [0.717, 1.165) is 31.1 Å². The fourth-order valence-corrected chi connectivity index (χ4v) is 2.90. The van der Waals surface area contributed by atoms with Gasteiger partial charge in [0.2, 0.25) is 0 Å². The number of benzene rings is 1. The van der Waals surface area contributed by atoms with Gasteiger partial charge in [-0.2, -0.15) is 0 Å². The molecule has 1 aliphatic heterocycles. The fourth-order valence-electron chi connectivity index (χ4n) is 2.79. The Balaban J connectivity index is 1.54. The molecule has 120 valence electrons. The second-order valence-electron chi connectivity index (χ2n) is 5.91. The molecule has 0 saturated carbocycles. The molecule has 0 unspecified atom stereocenters. The largest absolute Gasteiger partial charge is 0.321 e. The molecule has 0 bridgehead atoms. The Morgan fingerprint density at radius 3 is 2.74 bits per heavy atom. The Kier molecular flexibility index (Phi) is 5.26. The van der Waals surface area contributed by atoms with Crippen LogP contribution in [-0.2, 0) is 6.42 Å². The molecule has 0 spiro atoms. The van der Waals surface area contributed by atoms with Crippen LogP contribution in [0.5, 0.6) is 0 Å². The van der Waals surface area contributed by atoms with E-state index in [-0.39, 0.29) is 5.91 Å². The smallest absolute Gasteiger partial charge is 0.274 e. The van der Waals surface area contributed by atoms with Crippen molar-refractivity contribution in [2.45, 2.75) is 19.3 Å². The van der Waals surface area contributed by atoms with Crippen LogP contribution in [0.25, 0.3) is 0 Å². The highest BCUT2D eigenvalue weighted by Gasteiger charge is 2.14. The summed E-state index contributed by atoms with van der Waals surface area (Å²) in [6, 6.07) is 11.3. The molecule has 0 aliphatic carbocycles. The summed E-state index contributed by atoms with van der Waals surface area (Å²) >= 11 is 5.77. The second-order valence-corrected chi connectivity index (χ2v) is 6.35. The molecule has 2 heterocycles. The maximum absolute atomic E-state index is 12.1. The number of anilines is 1. The predicted octanol–water partition coefficient (Wildman–Crippen LogP) is 3.53. The van der Waals surface area contributed by atoms with E-state index in [1.165, 1.54) is 24.6 Å². The third kappa shape index (κ3) is 4.53. The number of aromatic nitrogens is 1. The fraction of sp³-hybridized carbons (Fsp3) is 0.333. The Morgan fingerprint density at radius 1 is 1.26 bits per heavy atom. The second kappa shape index (κ2) is 7.57. The van der Waals surface area contributed by atoms with Crippen molar-refractivity contribution >= 4 is 23.2 Å². The molecule has 1 saturated heterocycles. The molecule has 4 nitrogen and oxygen atoms in total. The van der Waals surface area contributed by atoms with Gasteiger partial charge in [-0.05, 0) is 68.1 Å². The highest BCUT2D eigenvalue weighted by Crippen LogP contribution is 2.18. The first kappa shape index (κ1) is 16.0. The van der Waals surface area contributed by atoms with Crippen LogP contribution in [0.4, 0.5) is 5.69 Å². The van der Waals surface area contributed by atoms with Gasteiger partial charge in [0.25, 0.3) is 5.91 Å². The van der Waals surface area contributed by atoms with Crippen molar-refractivity contribution < 1.29 is 4.79 Å². The molecule has 1 aromatic carbocycles. The van der Waals surface area contributed by atoms with Gasteiger partial charge in [0, 0.05) is 11.9 Å². The van der Waals surface area contributed by atoms with Crippen LogP contribution in [0.15, 0.2) is 42.6 Å². The molecule has 1 aromatic heterocycles. The minimum atomic E-state index is -0.230. The van der Waals surface area contributed by atoms with E-state index >= 15 is 0 Å². The van der Waals surface area contributed by atoms with Crippen LogP contribution in [-0.4, -0.2) is 24.0 Å². The third-order valence-corrected chi connectivity index (χ3v) is 4.40. The number of pyridine rings is 1. The van der Waals surface area contributed by atoms with Crippen molar-refractivity contribution in [1.82, 2.24) is 10.3 Å². The number of carbonyl (C=O) groups excluding carboxylic acids is 1. The number of rotatable bonds is 5. The molecule has 3 rings (SSSR count). The van der Waals surface area contributed by atoms with E-state index in [0.29, 0.717) is 10.7 Å². The third-order valence-electron chi connectivity index (χ3n) is 4.18. The highest BCUT2D eigenvalue weighted by atomic mass is 35.5. The molecule has 2 aromatic rings. The maximum Gasteiger partial charge on any atom is 0.274 e. The number of aryl methyl sites for hydroxylation is 1. The van der Waals surface area contributed by atoms with Gasteiger partial charge in [0.1, 0.15) is 5.69 Å². The molecule has 2 N–H and O–H groups in total. The Bertz CT molecular complexity index is 649. The van der Waals surface area contributed by atoms with E-state index in [4.69, 9.17) is 11.6 Å². The van der Waals surface area contributed by atoms with Crippen molar-refractivity contribution in [1.29, 1.82) is 0 Å². The first-order valence-corrected chi connectivity index (χ1v) is 8.31. The van der Waals surface area contributed by atoms with E-state index in [2.05, 4.69) is 27.8 Å². The molecule has 23 heavy (non-hydrogen) atoms. The van der Waals surface area contributed by atoms with Crippen LogP contribution >= 0.6 is 11.6 Å². The van der Waals surface area contributed by atoms with Gasteiger partial charge in [-0.25, -0.2) is 4.98 Å². The number of carbonyl (C=O) groups is 1. The Morgan fingerprint density at radius 2 is 2.09 bits per heavy atom. The maximum atomic E-state index is 12.1. The molecular formula is C18H20ClN3O. The van der Waals surface area contributed by atoms with E-state index in [1.54, 1.807) is 12.1 Å². The van der Waals surface area contributed by atoms with Gasteiger partial charge in [0.15, 0.2) is 0 Å². The standard InChI is InChI=1S/C18H20ClN3O/c19-15-5-8-17(21-12-15)18(23)22-16-6-3-13(4-7-16)1-2-14-9-10-20-11-14/h3-8,12,14,20H,1-2,9-11H2,(H,22,23)/t14-/m1/s1. The first-order chi connectivity index (χ1) is 11.2. The summed E-state index contributed by atoms with van der Waals surface area (Å²) in [5, 5.41) is 6.76. The number of amides is 1. The van der Waals surface area contributed by atoms with Crippen molar-refractivity contribution in [3.63, 3.8) is 0 Å². The van der Waals surface area contributed by atoms with E-state index < -0.39 is 0 Å². The number of nitrogens with zero attached hydrogens (tertiary/aromatic N) is 1. The summed E-state index contributed by atoms with van der Waals surface area (Å²) in [7, 11) is 0. The number of hydrogen-bond donors (Lipinski definition) is 2. The lowest BCUT2D eigenvalue weighted by Gasteiger charge is -2.09. The van der Waals surface area contributed by atoms with Gasteiger partial charge in [0.05, 0.1) is 5.02 Å². The van der Waals surface area contributed by atoms with Gasteiger partial charge in [-0.3, -0.25) is 4.79 Å². The quantitative estimate of drug-likeness (QED) is 0.882. The van der Waals surface area contributed by atoms with Gasteiger partial charge in [-0.15, -0.1) is 0 Å². The molecule has 5 heteroatoms. The first-order valence-electron chi connectivity index (χ1n) is 7.93. The molecule has 0 radical (unpaired) electrons. The normalized spacial score (nSPS) is 17.2. The topological polar surface area (TPSA) is 54.0 Å². The molecule has 1 amide bonds. The van der Waals surface area contributed by atoms with Crippen LogP contribution in [0.1, 0.15) is 28.9 Å². The summed E-state index contributed by atoms with van der Waals surface area (Å²) in [6.45, 7) is 2.29. The minimum Gasteiger partial charge on any atom is -0.321 e. The van der Waals surface area contributed by atoms with Crippen LogP contribution in [0.2, 0.25) is 5.02 Å². The van der Waals surface area contributed by atoms with Crippen molar-refractivity contribution in [2.75, 3.05) is 18.4 Å². The van der Waals surface area contributed by atoms with E-state index in [9.17, 15) is 4.79 Å². The SMILES string of the molecule is O=C(Nc1ccc(CC[C@@H]2CCNC2)cc1)c1ccc(Cl)cn1. The zero-order valence-electron chi connectivity index (χ0n) is 12.9. The van der Waals surface area contributed by atoms with Crippen molar-refractivity contribution in [2.24, 2.45) is 5.92 Å². The summed E-state index contributed by atoms with van der Waals surface area (Å²) in [6.07, 6.45) is 5.05. The summed E-state index contributed by atoms with van der Waals surface area (Å²) in [4.78, 5) is 16.1. The zero-order valence-corrected chi connectivity index (χ0v) is 13.6. The van der Waals surface area contributed by atoms with Gasteiger partial charge in [-0.1, -0.05) is 23.7 Å². The van der Waals surface area contributed by atoms with Crippen LogP contribution in [0, 0.1) is 5.92 Å². The average Bonchev–Trinajstić information content (AvgIpc) is 3.08. The van der Waals surface area contributed by atoms with Crippen LogP contribution < -0.4 is 10.6 Å². The van der Waals surface area contributed by atoms with Crippen molar-refractivity contribution in [3.05, 3.63) is 58.9 Å². The van der Waals surface area contributed by atoms with Gasteiger partial charge < -0.3 is 10.6 Å². The number of halogens is 1. The Hall–Kier alpha value is -1.91. The summed E-state index contributed by atoms with van der Waals surface area (Å²) in [5.74, 6) is 0.566. The van der Waals surface area contributed by atoms with E-state index in [1.807, 2.05) is 12.1 Å². The lowest BCUT2D eigenvalue weighted by Crippen LogP contribution is -2.13. The highest BCUT2D eigenvalue weighted by molar-refractivity contribution is 6.30. The lowest BCUT2D eigenvalue weighted by molar-refractivity contribution is 0.102. The molecular weight excluding hydrogens is 310 g/mol. The minimum absolute atomic E-state index is 0.230. The lowest BCUT2D eigenvalue weighted by atomic mass is 9.99. The van der Waals surface area contributed by atoms with Crippen LogP contribution in [0.3, 0.4) is 0 Å². The number of hydrogen-bond acceptors (Lipinski definition) is 3. The average molecular weight is 330 g/mol. The summed E-state index contributed by atoms with van der Waals surface area (Å²) < 4.78 is 0. The van der Waals surface area contributed by atoms with Crippen molar-refractivity contribution in [3.8, 4) is 0 Å². The summed E-state index contributed by atoms with van der Waals surface area (Å²) in [5.41, 5.74) is 2.43. The predicted molar refractivity (Wildman–Crippen MR) is 92.9 cm³/mol. The number of nitrogens with one attached hydrogen (secondary N) is 2. The van der Waals surface area contributed by atoms with Gasteiger partial charge >= 0.3 is 0 Å². The Labute approximate surface area is 141 Å².